The molecule has 0 bridgehead atoms. The lowest BCUT2D eigenvalue weighted by Gasteiger charge is -2.32. The Bertz CT molecular complexity index is 738. The summed E-state index contributed by atoms with van der Waals surface area (Å²) in [6, 6.07) is 15.9. The fraction of sp³-hybridized carbons (Fsp3) is 0.263. The van der Waals surface area contributed by atoms with E-state index in [0.717, 1.165) is 22.3 Å². The van der Waals surface area contributed by atoms with Gasteiger partial charge in [0, 0.05) is 18.2 Å². The van der Waals surface area contributed by atoms with Crippen LogP contribution in [0.25, 0.3) is 11.1 Å². The zero-order valence-electron chi connectivity index (χ0n) is 14.0. The fourth-order valence-corrected chi connectivity index (χ4v) is 3.33. The van der Waals surface area contributed by atoms with E-state index < -0.39 is 0 Å². The average Bonchev–Trinajstić information content (AvgIpc) is 2.76. The molecule has 5 heteroatoms. The summed E-state index contributed by atoms with van der Waals surface area (Å²) in [7, 11) is 1.60. The summed E-state index contributed by atoms with van der Waals surface area (Å²) in [5.41, 5.74) is 4.30. The number of nitrogens with zero attached hydrogens (tertiary/aromatic N) is 1. The second-order valence-corrected chi connectivity index (χ2v) is 5.89. The largest absolute Gasteiger partial charge is 0.437 e. The number of ether oxygens (including phenoxy) is 1. The van der Waals surface area contributed by atoms with Gasteiger partial charge in [0.25, 0.3) is 0 Å². The molecule has 0 saturated carbocycles. The van der Waals surface area contributed by atoms with Gasteiger partial charge in [-0.05, 0) is 18.1 Å². The van der Waals surface area contributed by atoms with Crippen molar-refractivity contribution in [1.29, 1.82) is 5.41 Å². The lowest BCUT2D eigenvalue weighted by atomic mass is 9.97. The van der Waals surface area contributed by atoms with Crippen LogP contribution >= 0.6 is 0 Å². The summed E-state index contributed by atoms with van der Waals surface area (Å²) in [4.78, 5) is 12.8. The maximum absolute atomic E-state index is 12.8. The number of rotatable bonds is 1. The summed E-state index contributed by atoms with van der Waals surface area (Å²) >= 11 is 0. The number of benzene rings is 2. The van der Waals surface area contributed by atoms with Crippen LogP contribution in [0.15, 0.2) is 48.5 Å². The number of amidine groups is 1. The minimum absolute atomic E-state index is 0.0247. The Kier molecular flexibility index (Phi) is 4.36. The molecule has 3 rings (SSSR count). The van der Waals surface area contributed by atoms with Crippen molar-refractivity contribution in [3.63, 3.8) is 0 Å². The molecule has 5 nitrogen and oxygen atoms in total. The Labute approximate surface area is 142 Å². The van der Waals surface area contributed by atoms with Crippen molar-refractivity contribution < 1.29 is 14.0 Å². The second-order valence-electron chi connectivity index (χ2n) is 5.89. The molecular formula is C19H22N3O2+. The van der Waals surface area contributed by atoms with Gasteiger partial charge in [-0.15, -0.1) is 0 Å². The van der Waals surface area contributed by atoms with Gasteiger partial charge in [0.1, 0.15) is 13.1 Å². The lowest BCUT2D eigenvalue weighted by molar-refractivity contribution is -0.798. The fourth-order valence-electron chi connectivity index (χ4n) is 3.33. The first kappa shape index (κ1) is 16.2. The van der Waals surface area contributed by atoms with E-state index in [4.69, 9.17) is 10.1 Å². The molecule has 0 aliphatic carbocycles. The van der Waals surface area contributed by atoms with Gasteiger partial charge in [0.05, 0.1) is 6.61 Å². The molecule has 0 saturated heterocycles. The standard InChI is InChI=1S/C19H21N3O2/c1-3-24-18(20)22(19(23)21-2)12-14-8-4-6-10-16(14)17-11-7-5-9-15(17)13-22/h4-11,20H,3,12-13H2,1-2H3/p+1. The molecule has 2 amide bonds. The number of carbonyl (C=O) groups is 1. The molecule has 2 N–H and O–H groups in total. The van der Waals surface area contributed by atoms with Crippen LogP contribution in [0.2, 0.25) is 0 Å². The Morgan fingerprint density at radius 2 is 1.58 bits per heavy atom. The first-order valence-corrected chi connectivity index (χ1v) is 8.10. The number of urea groups is 1. The molecule has 0 atom stereocenters. The van der Waals surface area contributed by atoms with Gasteiger partial charge in [0.2, 0.25) is 0 Å². The van der Waals surface area contributed by atoms with Crippen LogP contribution < -0.4 is 5.32 Å². The monoisotopic (exact) mass is 324 g/mol. The average molecular weight is 324 g/mol. The molecule has 24 heavy (non-hydrogen) atoms. The minimum atomic E-state index is -0.236. The normalized spacial score (nSPS) is 14.8. The topological polar surface area (TPSA) is 62.2 Å². The molecule has 1 heterocycles. The van der Waals surface area contributed by atoms with Crippen LogP contribution in [0.5, 0.6) is 0 Å². The van der Waals surface area contributed by atoms with Gasteiger partial charge in [-0.1, -0.05) is 48.5 Å². The van der Waals surface area contributed by atoms with Gasteiger partial charge in [0.15, 0.2) is 0 Å². The van der Waals surface area contributed by atoms with Crippen LogP contribution in [-0.4, -0.2) is 30.2 Å². The Hall–Kier alpha value is -2.66. The van der Waals surface area contributed by atoms with Crippen molar-refractivity contribution in [2.45, 2.75) is 20.0 Å². The minimum Gasteiger partial charge on any atom is -0.437 e. The molecular weight excluding hydrogens is 302 g/mol. The summed E-state index contributed by atoms with van der Waals surface area (Å²) in [6.07, 6.45) is 0. The molecule has 1 aliphatic rings. The number of nitrogens with one attached hydrogen (secondary N) is 2. The van der Waals surface area contributed by atoms with E-state index in [-0.39, 0.29) is 16.5 Å². The highest BCUT2D eigenvalue weighted by molar-refractivity contribution is 5.82. The SMILES string of the molecule is CCOC(=N)[N+]1(C(=O)NC)Cc2ccccc2-c2ccccc2C1. The lowest BCUT2D eigenvalue weighted by Crippen LogP contribution is -2.59. The van der Waals surface area contributed by atoms with E-state index in [1.54, 1.807) is 7.05 Å². The van der Waals surface area contributed by atoms with Crippen LogP contribution in [0.1, 0.15) is 18.1 Å². The van der Waals surface area contributed by atoms with Crippen LogP contribution in [0.4, 0.5) is 4.79 Å². The van der Waals surface area contributed by atoms with Crippen molar-refractivity contribution in [3.8, 4) is 11.1 Å². The summed E-state index contributed by atoms with van der Waals surface area (Å²) in [5, 5.41) is 11.2. The quantitative estimate of drug-likeness (QED) is 0.479. The van der Waals surface area contributed by atoms with Gasteiger partial charge >= 0.3 is 12.1 Å². The van der Waals surface area contributed by atoms with Crippen molar-refractivity contribution in [1.82, 2.24) is 5.32 Å². The Balaban J connectivity index is 2.24. The number of hydrogen-bond donors (Lipinski definition) is 2. The third kappa shape index (κ3) is 2.57. The third-order valence-corrected chi connectivity index (χ3v) is 4.48. The molecule has 1 aliphatic heterocycles. The van der Waals surface area contributed by atoms with Gasteiger partial charge in [-0.25, -0.2) is 10.2 Å². The summed E-state index contributed by atoms with van der Waals surface area (Å²) in [6.45, 7) is 2.97. The van der Waals surface area contributed by atoms with Crippen LogP contribution in [0, 0.1) is 5.41 Å². The van der Waals surface area contributed by atoms with Gasteiger partial charge < -0.3 is 10.1 Å². The van der Waals surface area contributed by atoms with Gasteiger partial charge in [-0.3, -0.25) is 0 Å². The molecule has 124 valence electrons. The third-order valence-electron chi connectivity index (χ3n) is 4.48. The first-order valence-electron chi connectivity index (χ1n) is 8.10. The predicted molar refractivity (Wildman–Crippen MR) is 93.4 cm³/mol. The van der Waals surface area contributed by atoms with Crippen molar-refractivity contribution >= 4 is 12.1 Å². The molecule has 2 aromatic carbocycles. The van der Waals surface area contributed by atoms with Crippen LogP contribution in [-0.2, 0) is 17.8 Å². The molecule has 0 unspecified atom stereocenters. The van der Waals surface area contributed by atoms with E-state index >= 15 is 0 Å². The second kappa shape index (κ2) is 6.45. The van der Waals surface area contributed by atoms with E-state index in [1.165, 1.54) is 0 Å². The number of carbonyl (C=O) groups excluding carboxylic acids is 1. The van der Waals surface area contributed by atoms with E-state index in [2.05, 4.69) is 17.4 Å². The van der Waals surface area contributed by atoms with Gasteiger partial charge in [-0.2, -0.15) is 4.48 Å². The van der Waals surface area contributed by atoms with E-state index in [0.29, 0.717) is 19.7 Å². The van der Waals surface area contributed by atoms with Crippen molar-refractivity contribution in [3.05, 3.63) is 59.7 Å². The van der Waals surface area contributed by atoms with E-state index in [9.17, 15) is 4.79 Å². The Morgan fingerprint density at radius 3 is 2.04 bits per heavy atom. The molecule has 2 aromatic rings. The zero-order valence-corrected chi connectivity index (χ0v) is 14.0. The highest BCUT2D eigenvalue weighted by Crippen LogP contribution is 2.36. The number of hydrogen-bond acceptors (Lipinski definition) is 3. The summed E-state index contributed by atoms with van der Waals surface area (Å²) < 4.78 is 5.29. The predicted octanol–water partition coefficient (Wildman–Crippen LogP) is 3.49. The smallest absolute Gasteiger partial charge is 0.425 e. The molecule has 0 fully saturated rings. The van der Waals surface area contributed by atoms with Crippen molar-refractivity contribution in [2.24, 2.45) is 0 Å². The Morgan fingerprint density at radius 1 is 1.08 bits per heavy atom. The van der Waals surface area contributed by atoms with Crippen molar-refractivity contribution in [2.75, 3.05) is 13.7 Å². The molecule has 0 aromatic heterocycles. The number of amides is 2. The maximum Gasteiger partial charge on any atom is 0.425 e. The maximum atomic E-state index is 12.8. The van der Waals surface area contributed by atoms with E-state index in [1.807, 2.05) is 43.3 Å². The zero-order chi connectivity index (χ0) is 17.2. The summed E-state index contributed by atoms with van der Waals surface area (Å²) in [5.74, 6) is 0. The van der Waals surface area contributed by atoms with Crippen LogP contribution in [0.3, 0.4) is 0 Å². The first-order chi connectivity index (χ1) is 11.6. The highest BCUT2D eigenvalue weighted by Gasteiger charge is 2.46. The molecule has 0 radical (unpaired) electrons. The number of quaternary nitrogens is 1. The molecule has 0 spiro atoms. The number of fused-ring (bicyclic) bond motifs is 3. The highest BCUT2D eigenvalue weighted by atomic mass is 16.5.